The normalized spacial score (nSPS) is 10.3. The Morgan fingerprint density at radius 1 is 1.19 bits per heavy atom. The van der Waals surface area contributed by atoms with Gasteiger partial charge in [-0.15, -0.1) is 0 Å². The van der Waals surface area contributed by atoms with Gasteiger partial charge in [-0.2, -0.15) is 5.10 Å². The molecule has 0 spiro atoms. The minimum absolute atomic E-state index is 0.183. The highest BCUT2D eigenvalue weighted by molar-refractivity contribution is 5.91. The second-order valence-corrected chi connectivity index (χ2v) is 4.77. The fourth-order valence-corrected chi connectivity index (χ4v) is 2.00. The van der Waals surface area contributed by atoms with E-state index in [-0.39, 0.29) is 17.2 Å². The molecule has 0 aliphatic rings. The summed E-state index contributed by atoms with van der Waals surface area (Å²) >= 11 is 0. The fourth-order valence-electron chi connectivity index (χ4n) is 2.00. The van der Waals surface area contributed by atoms with Gasteiger partial charge < -0.3 is 5.32 Å². The molecular formula is C16H19N3O2. The zero-order valence-electron chi connectivity index (χ0n) is 12.1. The molecule has 0 aliphatic carbocycles. The summed E-state index contributed by atoms with van der Waals surface area (Å²) < 4.78 is 1.33. The van der Waals surface area contributed by atoms with Gasteiger partial charge in [-0.3, -0.25) is 9.59 Å². The van der Waals surface area contributed by atoms with Crippen LogP contribution in [0.15, 0.2) is 47.3 Å². The van der Waals surface area contributed by atoms with Crippen molar-refractivity contribution in [3.8, 4) is 0 Å². The highest BCUT2D eigenvalue weighted by Gasteiger charge is 2.08. The lowest BCUT2D eigenvalue weighted by Crippen LogP contribution is -2.30. The molecule has 2 rings (SSSR count). The maximum atomic E-state index is 12.0. The summed E-state index contributed by atoms with van der Waals surface area (Å²) in [6, 6.07) is 12.8. The van der Waals surface area contributed by atoms with Crippen molar-refractivity contribution in [1.82, 2.24) is 15.1 Å². The van der Waals surface area contributed by atoms with Gasteiger partial charge in [0.05, 0.1) is 0 Å². The molecule has 21 heavy (non-hydrogen) atoms. The average molecular weight is 285 g/mol. The number of hydrogen-bond donors (Lipinski definition) is 1. The Labute approximate surface area is 123 Å². The van der Waals surface area contributed by atoms with E-state index in [1.165, 1.54) is 22.4 Å². The van der Waals surface area contributed by atoms with Crippen LogP contribution in [-0.4, -0.2) is 22.2 Å². The van der Waals surface area contributed by atoms with E-state index in [2.05, 4.69) is 10.4 Å². The molecule has 0 aliphatic heterocycles. The van der Waals surface area contributed by atoms with Gasteiger partial charge in [-0.05, 0) is 24.5 Å². The predicted molar refractivity (Wildman–Crippen MR) is 81.3 cm³/mol. The van der Waals surface area contributed by atoms with Crippen LogP contribution in [0.1, 0.15) is 29.4 Å². The summed E-state index contributed by atoms with van der Waals surface area (Å²) in [5.41, 5.74) is 1.26. The molecule has 0 saturated carbocycles. The lowest BCUT2D eigenvalue weighted by atomic mass is 10.1. The third-order valence-corrected chi connectivity index (χ3v) is 3.08. The van der Waals surface area contributed by atoms with Gasteiger partial charge in [0.25, 0.3) is 11.5 Å². The van der Waals surface area contributed by atoms with Crippen LogP contribution in [0.4, 0.5) is 0 Å². The molecule has 1 N–H and O–H groups in total. The van der Waals surface area contributed by atoms with Crippen LogP contribution in [0.3, 0.4) is 0 Å². The highest BCUT2D eigenvalue weighted by atomic mass is 16.2. The van der Waals surface area contributed by atoms with Crippen molar-refractivity contribution in [2.45, 2.75) is 26.3 Å². The number of hydrogen-bond acceptors (Lipinski definition) is 3. The smallest absolute Gasteiger partial charge is 0.271 e. The molecule has 1 aromatic carbocycles. The minimum atomic E-state index is -0.254. The fraction of sp³-hybridized carbons (Fsp3) is 0.312. The molecule has 5 nitrogen and oxygen atoms in total. The monoisotopic (exact) mass is 285 g/mol. The van der Waals surface area contributed by atoms with Gasteiger partial charge in [0, 0.05) is 19.2 Å². The van der Waals surface area contributed by atoms with E-state index in [4.69, 9.17) is 0 Å². The zero-order chi connectivity index (χ0) is 15.1. The van der Waals surface area contributed by atoms with E-state index in [9.17, 15) is 9.59 Å². The van der Waals surface area contributed by atoms with E-state index in [1.54, 1.807) is 0 Å². The Morgan fingerprint density at radius 3 is 2.67 bits per heavy atom. The maximum absolute atomic E-state index is 12.0. The molecule has 0 bridgehead atoms. The Morgan fingerprint density at radius 2 is 1.95 bits per heavy atom. The number of nitrogens with one attached hydrogen (secondary N) is 1. The quantitative estimate of drug-likeness (QED) is 0.877. The van der Waals surface area contributed by atoms with Gasteiger partial charge >= 0.3 is 0 Å². The minimum Gasteiger partial charge on any atom is -0.350 e. The van der Waals surface area contributed by atoms with Crippen LogP contribution >= 0.6 is 0 Å². The summed E-state index contributed by atoms with van der Waals surface area (Å²) in [5.74, 6) is -0.254. The summed E-state index contributed by atoms with van der Waals surface area (Å²) in [5, 5.41) is 6.90. The van der Waals surface area contributed by atoms with E-state index in [1.807, 2.05) is 37.3 Å². The molecule has 1 aromatic heterocycles. The number of nitrogens with zero attached hydrogens (tertiary/aromatic N) is 2. The SMILES string of the molecule is CCCn1nc(C(=O)NCCc2ccccc2)ccc1=O. The van der Waals surface area contributed by atoms with Crippen molar-refractivity contribution in [3.05, 3.63) is 64.1 Å². The third-order valence-electron chi connectivity index (χ3n) is 3.08. The summed E-state index contributed by atoms with van der Waals surface area (Å²) in [6.07, 6.45) is 1.56. The first kappa shape index (κ1) is 15.0. The van der Waals surface area contributed by atoms with Crippen LogP contribution in [-0.2, 0) is 13.0 Å². The van der Waals surface area contributed by atoms with Gasteiger partial charge in [0.1, 0.15) is 5.69 Å². The highest BCUT2D eigenvalue weighted by Crippen LogP contribution is 1.99. The summed E-state index contributed by atoms with van der Waals surface area (Å²) in [7, 11) is 0. The third kappa shape index (κ3) is 4.27. The van der Waals surface area contributed by atoms with Gasteiger partial charge in [-0.1, -0.05) is 37.3 Å². The van der Waals surface area contributed by atoms with Crippen molar-refractivity contribution in [3.63, 3.8) is 0 Å². The standard InChI is InChI=1S/C16H19N3O2/c1-2-12-19-15(20)9-8-14(18-19)16(21)17-11-10-13-6-4-3-5-7-13/h3-9H,2,10-12H2,1H3,(H,17,21). The zero-order valence-corrected chi connectivity index (χ0v) is 12.1. The van der Waals surface area contributed by atoms with Crippen LogP contribution in [0.5, 0.6) is 0 Å². The first-order chi connectivity index (χ1) is 10.2. The van der Waals surface area contributed by atoms with Gasteiger partial charge in [-0.25, -0.2) is 4.68 Å². The van der Waals surface area contributed by atoms with Gasteiger partial charge in [0.15, 0.2) is 0 Å². The molecule has 0 saturated heterocycles. The average Bonchev–Trinajstić information content (AvgIpc) is 2.50. The van der Waals surface area contributed by atoms with Crippen LogP contribution < -0.4 is 10.9 Å². The molecule has 0 radical (unpaired) electrons. The maximum Gasteiger partial charge on any atom is 0.271 e. The lowest BCUT2D eigenvalue weighted by molar-refractivity contribution is 0.0946. The van der Waals surface area contributed by atoms with Crippen molar-refractivity contribution < 1.29 is 4.79 Å². The summed E-state index contributed by atoms with van der Waals surface area (Å²) in [6.45, 7) is 3.02. The van der Waals surface area contributed by atoms with Crippen LogP contribution in [0.25, 0.3) is 0 Å². The van der Waals surface area contributed by atoms with E-state index >= 15 is 0 Å². The Bertz CT molecular complexity index is 650. The van der Waals surface area contributed by atoms with E-state index in [0.29, 0.717) is 13.1 Å². The number of aromatic nitrogens is 2. The first-order valence-electron chi connectivity index (χ1n) is 7.11. The molecule has 1 heterocycles. The van der Waals surface area contributed by atoms with Crippen LogP contribution in [0.2, 0.25) is 0 Å². The molecule has 110 valence electrons. The largest absolute Gasteiger partial charge is 0.350 e. The predicted octanol–water partition coefficient (Wildman–Crippen LogP) is 1.63. The number of aryl methyl sites for hydroxylation is 1. The summed E-state index contributed by atoms with van der Waals surface area (Å²) in [4.78, 5) is 23.6. The van der Waals surface area contributed by atoms with Crippen LogP contribution in [0, 0.1) is 0 Å². The number of carbonyl (C=O) groups is 1. The number of benzene rings is 1. The molecular weight excluding hydrogens is 266 g/mol. The number of carbonyl (C=O) groups excluding carboxylic acids is 1. The number of amides is 1. The molecule has 2 aromatic rings. The van der Waals surface area contributed by atoms with Crippen molar-refractivity contribution in [2.24, 2.45) is 0 Å². The number of rotatable bonds is 6. The van der Waals surface area contributed by atoms with E-state index in [0.717, 1.165) is 12.8 Å². The second kappa shape index (κ2) is 7.38. The molecule has 5 heteroatoms. The topological polar surface area (TPSA) is 64.0 Å². The molecule has 0 atom stereocenters. The molecule has 0 fully saturated rings. The van der Waals surface area contributed by atoms with Crippen molar-refractivity contribution in [2.75, 3.05) is 6.54 Å². The molecule has 1 amide bonds. The first-order valence-corrected chi connectivity index (χ1v) is 7.11. The Hall–Kier alpha value is -2.43. The second-order valence-electron chi connectivity index (χ2n) is 4.77. The van der Waals surface area contributed by atoms with Crippen molar-refractivity contribution >= 4 is 5.91 Å². The van der Waals surface area contributed by atoms with Crippen molar-refractivity contribution in [1.29, 1.82) is 0 Å². The Kier molecular flexibility index (Phi) is 5.26. The molecule has 0 unspecified atom stereocenters. The van der Waals surface area contributed by atoms with Gasteiger partial charge in [0.2, 0.25) is 0 Å². The van der Waals surface area contributed by atoms with E-state index < -0.39 is 0 Å². The Balaban J connectivity index is 1.94. The lowest BCUT2D eigenvalue weighted by Gasteiger charge is -2.07.